The number of rotatable bonds is 7. The second-order valence-corrected chi connectivity index (χ2v) is 9.05. The van der Waals surface area contributed by atoms with Gasteiger partial charge in [0, 0.05) is 16.7 Å². The lowest BCUT2D eigenvalue weighted by Gasteiger charge is -2.10. The van der Waals surface area contributed by atoms with E-state index in [0.29, 0.717) is 22.2 Å². The maximum atomic E-state index is 12.7. The Labute approximate surface area is 194 Å². The highest BCUT2D eigenvalue weighted by atomic mass is 35.5. The molecule has 0 atom stereocenters. The summed E-state index contributed by atoms with van der Waals surface area (Å²) in [6.07, 6.45) is 0. The Balaban J connectivity index is 1.58. The molecule has 0 bridgehead atoms. The number of hydrogen-bond acceptors (Lipinski definition) is 8. The first-order chi connectivity index (χ1) is 15.7. The number of ether oxygens (including phenoxy) is 2. The SMILES string of the molecule is C/C(=N\Nc1ccc(S(=O)(=O)Nc2cccc(Cl)c2)cc1[N+](=O)[O-])c1ccc2c(c1)OCO2. The minimum absolute atomic E-state index is 0.0294. The maximum absolute atomic E-state index is 12.7. The molecule has 4 rings (SSSR count). The molecule has 2 N–H and O–H groups in total. The van der Waals surface area contributed by atoms with Gasteiger partial charge < -0.3 is 9.47 Å². The molecule has 0 saturated carbocycles. The van der Waals surface area contributed by atoms with Gasteiger partial charge in [-0.05, 0) is 55.5 Å². The molecule has 12 heteroatoms. The molecule has 1 heterocycles. The minimum atomic E-state index is -4.09. The molecule has 1 aliphatic rings. The van der Waals surface area contributed by atoms with Crippen LogP contribution in [0.1, 0.15) is 12.5 Å². The number of anilines is 2. The third-order valence-electron chi connectivity index (χ3n) is 4.69. The Morgan fingerprint density at radius 1 is 1.09 bits per heavy atom. The van der Waals surface area contributed by atoms with E-state index in [2.05, 4.69) is 15.2 Å². The normalized spacial score (nSPS) is 13.0. The van der Waals surface area contributed by atoms with Gasteiger partial charge in [-0.25, -0.2) is 8.42 Å². The van der Waals surface area contributed by atoms with E-state index >= 15 is 0 Å². The van der Waals surface area contributed by atoms with Crippen molar-refractivity contribution >= 4 is 44.4 Å². The van der Waals surface area contributed by atoms with Crippen LogP contribution in [0.4, 0.5) is 17.1 Å². The number of hydrazone groups is 1. The quantitative estimate of drug-likeness (QED) is 0.282. The largest absolute Gasteiger partial charge is 0.454 e. The molecule has 0 radical (unpaired) electrons. The Bertz CT molecular complexity index is 1380. The van der Waals surface area contributed by atoms with Gasteiger partial charge in [0.05, 0.1) is 21.2 Å². The average molecular weight is 489 g/mol. The first-order valence-electron chi connectivity index (χ1n) is 9.50. The highest BCUT2D eigenvalue weighted by Gasteiger charge is 2.22. The lowest BCUT2D eigenvalue weighted by Crippen LogP contribution is -2.13. The van der Waals surface area contributed by atoms with Gasteiger partial charge in [-0.15, -0.1) is 0 Å². The van der Waals surface area contributed by atoms with Crippen molar-refractivity contribution in [3.63, 3.8) is 0 Å². The average Bonchev–Trinajstić information content (AvgIpc) is 3.25. The van der Waals surface area contributed by atoms with Crippen molar-refractivity contribution in [3.05, 3.63) is 81.4 Å². The van der Waals surface area contributed by atoms with Gasteiger partial charge in [-0.1, -0.05) is 17.7 Å². The summed E-state index contributed by atoms with van der Waals surface area (Å²) in [6, 6.07) is 14.9. The van der Waals surface area contributed by atoms with Crippen LogP contribution in [0.2, 0.25) is 5.02 Å². The van der Waals surface area contributed by atoms with Crippen LogP contribution in [0.3, 0.4) is 0 Å². The molecular weight excluding hydrogens is 472 g/mol. The maximum Gasteiger partial charge on any atom is 0.295 e. The molecule has 0 unspecified atom stereocenters. The van der Waals surface area contributed by atoms with Gasteiger partial charge in [-0.3, -0.25) is 20.3 Å². The molecule has 170 valence electrons. The number of nitro groups is 1. The van der Waals surface area contributed by atoms with Crippen molar-refractivity contribution in [3.8, 4) is 11.5 Å². The van der Waals surface area contributed by atoms with Crippen LogP contribution in [-0.4, -0.2) is 25.8 Å². The lowest BCUT2D eigenvalue weighted by molar-refractivity contribution is -0.384. The molecule has 3 aromatic rings. The standard InChI is InChI=1S/C21H17ClN4O6S/c1-13(14-5-8-20-21(9-14)32-12-31-20)23-24-18-7-6-17(11-19(18)26(27)28)33(29,30)25-16-4-2-3-15(22)10-16/h2-11,24-25H,12H2,1H3/b23-13+. The van der Waals surface area contributed by atoms with E-state index in [1.54, 1.807) is 37.3 Å². The van der Waals surface area contributed by atoms with Crippen LogP contribution in [-0.2, 0) is 10.0 Å². The number of benzene rings is 3. The monoisotopic (exact) mass is 488 g/mol. The molecule has 0 aliphatic carbocycles. The Kier molecular flexibility index (Phi) is 6.07. The van der Waals surface area contributed by atoms with E-state index in [-0.39, 0.29) is 23.1 Å². The van der Waals surface area contributed by atoms with Crippen LogP contribution >= 0.6 is 11.6 Å². The summed E-state index contributed by atoms with van der Waals surface area (Å²) in [5.74, 6) is 1.20. The van der Waals surface area contributed by atoms with Crippen molar-refractivity contribution in [1.29, 1.82) is 0 Å². The van der Waals surface area contributed by atoms with Crippen molar-refractivity contribution in [2.24, 2.45) is 5.10 Å². The zero-order valence-corrected chi connectivity index (χ0v) is 18.7. The zero-order chi connectivity index (χ0) is 23.6. The van der Waals surface area contributed by atoms with E-state index in [1.807, 2.05) is 0 Å². The van der Waals surface area contributed by atoms with Gasteiger partial charge in [-0.2, -0.15) is 5.10 Å². The topological polar surface area (TPSA) is 132 Å². The zero-order valence-electron chi connectivity index (χ0n) is 17.1. The Morgan fingerprint density at radius 3 is 2.64 bits per heavy atom. The van der Waals surface area contributed by atoms with Gasteiger partial charge in [0.15, 0.2) is 11.5 Å². The number of nitro benzene ring substituents is 1. The predicted octanol–water partition coefficient (Wildman–Crippen LogP) is 4.61. The highest BCUT2D eigenvalue weighted by molar-refractivity contribution is 7.92. The van der Waals surface area contributed by atoms with Gasteiger partial charge >= 0.3 is 0 Å². The molecule has 1 aliphatic heterocycles. The number of nitrogens with one attached hydrogen (secondary N) is 2. The summed E-state index contributed by atoms with van der Waals surface area (Å²) in [5.41, 5.74) is 3.70. The number of fused-ring (bicyclic) bond motifs is 1. The first kappa shape index (κ1) is 22.4. The number of hydrogen-bond donors (Lipinski definition) is 2. The first-order valence-corrected chi connectivity index (χ1v) is 11.4. The summed E-state index contributed by atoms with van der Waals surface area (Å²) in [5, 5.41) is 16.1. The van der Waals surface area contributed by atoms with Crippen LogP contribution < -0.4 is 19.6 Å². The molecule has 33 heavy (non-hydrogen) atoms. The van der Waals surface area contributed by atoms with Gasteiger partial charge in [0.25, 0.3) is 15.7 Å². The van der Waals surface area contributed by atoms with E-state index in [0.717, 1.165) is 11.6 Å². The van der Waals surface area contributed by atoms with Crippen molar-refractivity contribution in [1.82, 2.24) is 0 Å². The molecule has 0 aromatic heterocycles. The summed E-state index contributed by atoms with van der Waals surface area (Å²) < 4.78 is 38.4. The summed E-state index contributed by atoms with van der Waals surface area (Å²) in [6.45, 7) is 1.85. The predicted molar refractivity (Wildman–Crippen MR) is 124 cm³/mol. The second-order valence-electron chi connectivity index (χ2n) is 6.93. The molecular formula is C21H17ClN4O6S. The summed E-state index contributed by atoms with van der Waals surface area (Å²) >= 11 is 5.88. The van der Waals surface area contributed by atoms with E-state index in [4.69, 9.17) is 21.1 Å². The minimum Gasteiger partial charge on any atom is -0.454 e. The van der Waals surface area contributed by atoms with Crippen molar-refractivity contribution in [2.45, 2.75) is 11.8 Å². The number of halogens is 1. The summed E-state index contributed by atoms with van der Waals surface area (Å²) in [4.78, 5) is 10.6. The molecule has 0 amide bonds. The van der Waals surface area contributed by atoms with E-state index < -0.39 is 20.6 Å². The van der Waals surface area contributed by atoms with Gasteiger partial charge in [0.1, 0.15) is 5.69 Å². The van der Waals surface area contributed by atoms with Gasteiger partial charge in [0.2, 0.25) is 6.79 Å². The molecule has 3 aromatic carbocycles. The molecule has 0 spiro atoms. The van der Waals surface area contributed by atoms with Crippen molar-refractivity contribution < 1.29 is 22.8 Å². The Morgan fingerprint density at radius 2 is 1.88 bits per heavy atom. The van der Waals surface area contributed by atoms with Crippen LogP contribution in [0.5, 0.6) is 11.5 Å². The van der Waals surface area contributed by atoms with Crippen LogP contribution in [0.15, 0.2) is 70.7 Å². The molecule has 0 fully saturated rings. The number of nitrogens with zero attached hydrogens (tertiary/aromatic N) is 2. The summed E-state index contributed by atoms with van der Waals surface area (Å²) in [7, 11) is -4.09. The smallest absolute Gasteiger partial charge is 0.295 e. The fourth-order valence-electron chi connectivity index (χ4n) is 3.02. The van der Waals surface area contributed by atoms with Crippen LogP contribution in [0.25, 0.3) is 0 Å². The highest BCUT2D eigenvalue weighted by Crippen LogP contribution is 2.33. The van der Waals surface area contributed by atoms with Crippen molar-refractivity contribution in [2.75, 3.05) is 16.9 Å². The third-order valence-corrected chi connectivity index (χ3v) is 6.30. The third kappa shape index (κ3) is 4.99. The lowest BCUT2D eigenvalue weighted by atomic mass is 10.1. The fourth-order valence-corrected chi connectivity index (χ4v) is 4.28. The number of sulfonamides is 1. The molecule has 10 nitrogen and oxygen atoms in total. The van der Waals surface area contributed by atoms with Crippen LogP contribution in [0, 0.1) is 10.1 Å². The van der Waals surface area contributed by atoms with E-state index in [9.17, 15) is 18.5 Å². The fraction of sp³-hybridized carbons (Fsp3) is 0.0952. The Hall–Kier alpha value is -3.83. The van der Waals surface area contributed by atoms with E-state index in [1.165, 1.54) is 24.3 Å². The molecule has 0 saturated heterocycles. The second kappa shape index (κ2) is 8.96.